The molecule has 0 rings (SSSR count). The van der Waals surface area contributed by atoms with Crippen molar-refractivity contribution in [2.45, 2.75) is 425 Å². The van der Waals surface area contributed by atoms with Crippen LogP contribution in [0.3, 0.4) is 0 Å². The first-order valence-corrected chi connectivity index (χ1v) is 43.1. The van der Waals surface area contributed by atoms with Gasteiger partial charge in [0.15, 0.2) is 12.2 Å². The molecule has 0 amide bonds. The molecular weight excluding hydrogens is 1260 g/mol. The quantitative estimate of drug-likeness (QED) is 0.0222. The Morgan fingerprint density at radius 1 is 0.281 bits per heavy atom. The summed E-state index contributed by atoms with van der Waals surface area (Å²) in [7, 11) is -9.91. The molecule has 5 atom stereocenters. The highest BCUT2D eigenvalue weighted by Gasteiger charge is 2.30. The van der Waals surface area contributed by atoms with E-state index in [1.807, 2.05) is 0 Å². The molecule has 0 bridgehead atoms. The van der Waals surface area contributed by atoms with E-state index in [2.05, 4.69) is 34.6 Å². The van der Waals surface area contributed by atoms with Gasteiger partial charge in [-0.2, -0.15) is 0 Å². The molecule has 0 aliphatic heterocycles. The van der Waals surface area contributed by atoms with Crippen molar-refractivity contribution in [2.24, 2.45) is 5.92 Å². The lowest BCUT2D eigenvalue weighted by molar-refractivity contribution is -0.161. The number of unbranched alkanes of at least 4 members (excludes halogenated alkanes) is 49. The zero-order chi connectivity index (χ0) is 70.5. The van der Waals surface area contributed by atoms with Crippen molar-refractivity contribution in [1.29, 1.82) is 0 Å². The van der Waals surface area contributed by atoms with E-state index >= 15 is 0 Å². The van der Waals surface area contributed by atoms with Crippen molar-refractivity contribution in [2.75, 3.05) is 39.6 Å². The molecule has 0 radical (unpaired) electrons. The molecule has 0 saturated heterocycles. The molecule has 3 N–H and O–H groups in total. The molecule has 570 valence electrons. The van der Waals surface area contributed by atoms with Crippen molar-refractivity contribution < 1.29 is 80.2 Å². The Morgan fingerprint density at radius 3 is 0.708 bits per heavy atom. The molecular formula is C77H150O17P2. The summed E-state index contributed by atoms with van der Waals surface area (Å²) >= 11 is 0. The van der Waals surface area contributed by atoms with Crippen LogP contribution in [-0.2, 0) is 65.4 Å². The number of aliphatic hydroxyl groups excluding tert-OH is 1. The first-order valence-electron chi connectivity index (χ1n) is 40.1. The zero-order valence-electron chi connectivity index (χ0n) is 62.5. The van der Waals surface area contributed by atoms with Crippen LogP contribution >= 0.6 is 15.6 Å². The number of phosphoric acid groups is 2. The third kappa shape index (κ3) is 70.5. The smallest absolute Gasteiger partial charge is 0.462 e. The van der Waals surface area contributed by atoms with E-state index < -0.39 is 97.5 Å². The molecule has 0 aliphatic rings. The van der Waals surface area contributed by atoms with Gasteiger partial charge in [0.2, 0.25) is 0 Å². The Hall–Kier alpha value is -1.94. The van der Waals surface area contributed by atoms with Gasteiger partial charge in [0.25, 0.3) is 0 Å². The van der Waals surface area contributed by atoms with E-state index in [1.54, 1.807) is 0 Å². The number of phosphoric ester groups is 2. The fraction of sp³-hybridized carbons (Fsp3) is 0.948. The van der Waals surface area contributed by atoms with E-state index in [1.165, 1.54) is 225 Å². The molecule has 0 fully saturated rings. The number of ether oxygens (including phenoxy) is 4. The number of aliphatic hydroxyl groups is 1. The number of esters is 4. The molecule has 96 heavy (non-hydrogen) atoms. The van der Waals surface area contributed by atoms with Crippen LogP contribution < -0.4 is 0 Å². The van der Waals surface area contributed by atoms with Crippen LogP contribution in [0.5, 0.6) is 0 Å². The van der Waals surface area contributed by atoms with E-state index in [4.69, 9.17) is 37.0 Å². The lowest BCUT2D eigenvalue weighted by Gasteiger charge is -2.21. The van der Waals surface area contributed by atoms with Crippen LogP contribution in [0.4, 0.5) is 0 Å². The van der Waals surface area contributed by atoms with Crippen LogP contribution in [-0.4, -0.2) is 96.7 Å². The van der Waals surface area contributed by atoms with Crippen molar-refractivity contribution in [1.82, 2.24) is 0 Å². The van der Waals surface area contributed by atoms with Crippen LogP contribution in [0.15, 0.2) is 0 Å². The largest absolute Gasteiger partial charge is 0.472 e. The lowest BCUT2D eigenvalue weighted by Crippen LogP contribution is -2.30. The number of carbonyl (C=O) groups excluding carboxylic acids is 4. The van der Waals surface area contributed by atoms with Gasteiger partial charge in [0, 0.05) is 25.7 Å². The van der Waals surface area contributed by atoms with Gasteiger partial charge >= 0.3 is 39.5 Å². The Kier molecular flexibility index (Phi) is 68.7. The second kappa shape index (κ2) is 70.1. The average Bonchev–Trinajstić information content (AvgIpc) is 1.94. The summed E-state index contributed by atoms with van der Waals surface area (Å²) < 4.78 is 68.5. The van der Waals surface area contributed by atoms with Crippen molar-refractivity contribution in [3.05, 3.63) is 0 Å². The average molecular weight is 1410 g/mol. The van der Waals surface area contributed by atoms with E-state index in [0.29, 0.717) is 25.7 Å². The Balaban J connectivity index is 5.20. The monoisotopic (exact) mass is 1410 g/mol. The molecule has 0 aromatic carbocycles. The normalized spacial score (nSPS) is 13.9. The van der Waals surface area contributed by atoms with Gasteiger partial charge in [0.1, 0.15) is 19.3 Å². The first kappa shape index (κ1) is 94.1. The van der Waals surface area contributed by atoms with Crippen molar-refractivity contribution in [3.63, 3.8) is 0 Å². The summed E-state index contributed by atoms with van der Waals surface area (Å²) in [6, 6.07) is 0. The van der Waals surface area contributed by atoms with Crippen LogP contribution in [0.1, 0.15) is 407 Å². The Bertz CT molecular complexity index is 1840. The van der Waals surface area contributed by atoms with Crippen LogP contribution in [0.2, 0.25) is 0 Å². The van der Waals surface area contributed by atoms with Gasteiger partial charge in [-0.05, 0) is 31.6 Å². The van der Waals surface area contributed by atoms with Crippen molar-refractivity contribution in [3.8, 4) is 0 Å². The van der Waals surface area contributed by atoms with Crippen LogP contribution in [0, 0.1) is 5.92 Å². The summed E-state index contributed by atoms with van der Waals surface area (Å²) in [5.41, 5.74) is 0. The van der Waals surface area contributed by atoms with Gasteiger partial charge < -0.3 is 33.8 Å². The topological polar surface area (TPSA) is 237 Å². The lowest BCUT2D eigenvalue weighted by atomic mass is 10.0. The van der Waals surface area contributed by atoms with E-state index in [0.717, 1.165) is 102 Å². The zero-order valence-corrected chi connectivity index (χ0v) is 64.3. The minimum absolute atomic E-state index is 0.108. The Morgan fingerprint density at radius 2 is 0.479 bits per heavy atom. The maximum Gasteiger partial charge on any atom is 0.472 e. The van der Waals surface area contributed by atoms with E-state index in [9.17, 15) is 43.2 Å². The first-order chi connectivity index (χ1) is 46.5. The second-order valence-electron chi connectivity index (χ2n) is 28.2. The molecule has 0 aromatic heterocycles. The minimum atomic E-state index is -4.96. The summed E-state index contributed by atoms with van der Waals surface area (Å²) in [6.45, 7) is 7.30. The van der Waals surface area contributed by atoms with Gasteiger partial charge in [-0.25, -0.2) is 9.13 Å². The predicted molar refractivity (Wildman–Crippen MR) is 391 cm³/mol. The number of rotatable bonds is 77. The highest BCUT2D eigenvalue weighted by Crippen LogP contribution is 2.45. The summed E-state index contributed by atoms with van der Waals surface area (Å²) in [5, 5.41) is 10.6. The molecule has 0 heterocycles. The molecule has 0 spiro atoms. The summed E-state index contributed by atoms with van der Waals surface area (Å²) in [5.74, 6) is -1.32. The number of carbonyl (C=O) groups is 4. The SMILES string of the molecule is CCCCCCCCCCCCCCCCCCCCCC(=O)O[C@H](COC(=O)CCCCCCCCCCCCCCCC(C)C)COP(=O)(O)OC[C@@H](O)COP(=O)(O)OC[C@@H](COC(=O)CCCCCCCCCC)OC(=O)CCCCCCCCCCCCCCC. The summed E-state index contributed by atoms with van der Waals surface area (Å²) in [6.07, 6.45) is 59.7. The third-order valence-corrected chi connectivity index (χ3v) is 19.9. The number of hydrogen-bond donors (Lipinski definition) is 3. The minimum Gasteiger partial charge on any atom is -0.462 e. The van der Waals surface area contributed by atoms with Crippen LogP contribution in [0.25, 0.3) is 0 Å². The maximum atomic E-state index is 13.1. The standard InChI is InChI=1S/C77H150O17P2/c1-6-9-12-15-18-21-23-25-26-27-28-29-30-34-39-43-48-53-58-63-77(82)94-73(67-88-75(80)61-56-51-46-41-37-35-31-33-36-40-44-49-54-59-70(4)5)69-92-96(85,86)90-65-71(78)64-89-95(83,84)91-68-72(66-87-74(79)60-55-50-45-20-17-14-11-8-3)93-76(81)62-57-52-47-42-38-32-24-22-19-16-13-10-7-2/h70-73,78H,6-69H2,1-5H3,(H,83,84)(H,85,86)/t71-,72+,73+/m0/s1. The fourth-order valence-electron chi connectivity index (χ4n) is 11.9. The highest BCUT2D eigenvalue weighted by molar-refractivity contribution is 7.47. The molecule has 19 heteroatoms. The molecule has 0 saturated carbocycles. The van der Waals surface area contributed by atoms with Gasteiger partial charge in [0.05, 0.1) is 26.4 Å². The summed E-state index contributed by atoms with van der Waals surface area (Å²) in [4.78, 5) is 72.8. The molecule has 0 aliphatic carbocycles. The van der Waals surface area contributed by atoms with Crippen molar-refractivity contribution >= 4 is 39.5 Å². The van der Waals surface area contributed by atoms with Gasteiger partial charge in [-0.1, -0.05) is 356 Å². The number of hydrogen-bond acceptors (Lipinski definition) is 15. The van der Waals surface area contributed by atoms with E-state index in [-0.39, 0.29) is 25.7 Å². The Labute approximate surface area is 588 Å². The maximum absolute atomic E-state index is 13.1. The van der Waals surface area contributed by atoms with Gasteiger partial charge in [-0.15, -0.1) is 0 Å². The predicted octanol–water partition coefficient (Wildman–Crippen LogP) is 22.9. The highest BCUT2D eigenvalue weighted by atomic mass is 31.2. The van der Waals surface area contributed by atoms with Gasteiger partial charge in [-0.3, -0.25) is 37.3 Å². The fourth-order valence-corrected chi connectivity index (χ4v) is 13.5. The third-order valence-electron chi connectivity index (χ3n) is 18.0. The second-order valence-corrected chi connectivity index (χ2v) is 31.1. The molecule has 0 aromatic rings. The molecule has 2 unspecified atom stereocenters. The molecule has 17 nitrogen and oxygen atoms in total.